The van der Waals surface area contributed by atoms with E-state index in [1.807, 2.05) is 84.6 Å². The maximum absolute atomic E-state index is 13.2. The Hall–Kier alpha value is -3.27. The van der Waals surface area contributed by atoms with Crippen molar-refractivity contribution in [1.82, 2.24) is 4.90 Å². The van der Waals surface area contributed by atoms with Crippen molar-refractivity contribution in [2.24, 2.45) is 0 Å². The van der Waals surface area contributed by atoms with Gasteiger partial charge in [-0.3, -0.25) is 4.79 Å². The summed E-state index contributed by atoms with van der Waals surface area (Å²) in [6.45, 7) is 3.20. The third kappa shape index (κ3) is 5.38. The molecule has 29 heavy (non-hydrogen) atoms. The van der Waals surface area contributed by atoms with Crippen molar-refractivity contribution in [3.63, 3.8) is 0 Å². The van der Waals surface area contributed by atoms with Gasteiger partial charge in [-0.1, -0.05) is 54.1 Å². The summed E-state index contributed by atoms with van der Waals surface area (Å²) in [6, 6.07) is 23.7. The molecule has 0 saturated heterocycles. The number of nitrogens with zero attached hydrogens (tertiary/aromatic N) is 1. The Labute approximate surface area is 172 Å². The lowest BCUT2D eigenvalue weighted by Gasteiger charge is -2.23. The number of hydrogen-bond donors (Lipinski definition) is 0. The summed E-state index contributed by atoms with van der Waals surface area (Å²) in [6.07, 6.45) is 0.727. The highest BCUT2D eigenvalue weighted by molar-refractivity contribution is 5.94. The summed E-state index contributed by atoms with van der Waals surface area (Å²) in [5.74, 6) is 1.44. The average molecular weight is 389 g/mol. The highest BCUT2D eigenvalue weighted by atomic mass is 16.5. The van der Waals surface area contributed by atoms with Crippen molar-refractivity contribution in [2.45, 2.75) is 19.9 Å². The van der Waals surface area contributed by atoms with Crippen LogP contribution < -0.4 is 9.47 Å². The van der Waals surface area contributed by atoms with Gasteiger partial charge in [-0.25, -0.2) is 0 Å². The first kappa shape index (κ1) is 20.5. The number of ether oxygens (including phenoxy) is 2. The van der Waals surface area contributed by atoms with Crippen molar-refractivity contribution < 1.29 is 14.3 Å². The Morgan fingerprint density at radius 3 is 2.17 bits per heavy atom. The maximum Gasteiger partial charge on any atom is 0.254 e. The van der Waals surface area contributed by atoms with Gasteiger partial charge in [-0.2, -0.15) is 0 Å². The molecule has 0 N–H and O–H groups in total. The quantitative estimate of drug-likeness (QED) is 0.550. The second-order valence-electron chi connectivity index (χ2n) is 7.02. The molecule has 0 spiro atoms. The number of aryl methyl sites for hydroxylation is 1. The lowest BCUT2D eigenvalue weighted by molar-refractivity contribution is 0.0745. The fraction of sp³-hybridized carbons (Fsp3) is 0.240. The molecule has 4 nitrogen and oxygen atoms in total. The van der Waals surface area contributed by atoms with Crippen LogP contribution in [-0.4, -0.2) is 31.6 Å². The van der Waals surface area contributed by atoms with Crippen LogP contribution in [0.15, 0.2) is 72.8 Å². The molecule has 0 aliphatic carbocycles. The summed E-state index contributed by atoms with van der Waals surface area (Å²) >= 11 is 0. The molecular formula is C25H27NO3. The molecule has 0 heterocycles. The number of rotatable bonds is 8. The molecule has 1 amide bonds. The third-order valence-electron chi connectivity index (χ3n) is 4.92. The zero-order valence-electron chi connectivity index (χ0n) is 17.2. The van der Waals surface area contributed by atoms with E-state index < -0.39 is 0 Å². The van der Waals surface area contributed by atoms with Gasteiger partial charge in [0.1, 0.15) is 0 Å². The first-order chi connectivity index (χ1) is 14.1. The zero-order chi connectivity index (χ0) is 20.6. The summed E-state index contributed by atoms with van der Waals surface area (Å²) in [7, 11) is 3.25. The fourth-order valence-electron chi connectivity index (χ4n) is 3.24. The van der Waals surface area contributed by atoms with Crippen LogP contribution in [0.2, 0.25) is 0 Å². The molecule has 0 aliphatic heterocycles. The van der Waals surface area contributed by atoms with E-state index in [1.165, 1.54) is 0 Å². The summed E-state index contributed by atoms with van der Waals surface area (Å²) in [4.78, 5) is 15.1. The molecule has 0 radical (unpaired) electrons. The van der Waals surface area contributed by atoms with Gasteiger partial charge < -0.3 is 14.4 Å². The van der Waals surface area contributed by atoms with E-state index in [4.69, 9.17) is 9.47 Å². The molecule has 0 aliphatic rings. The molecular weight excluding hydrogens is 362 g/mol. The first-order valence-electron chi connectivity index (χ1n) is 9.71. The number of carbonyl (C=O) groups is 1. The SMILES string of the molecule is COc1ccc(CCN(Cc2ccccc2)C(=O)c2ccc(C)cc2)cc1OC. The van der Waals surface area contributed by atoms with Crippen LogP contribution in [0.4, 0.5) is 0 Å². The Kier molecular flexibility index (Phi) is 6.90. The molecule has 0 unspecified atom stereocenters. The minimum Gasteiger partial charge on any atom is -0.493 e. The zero-order valence-corrected chi connectivity index (χ0v) is 17.2. The van der Waals surface area contributed by atoms with Crippen LogP contribution in [-0.2, 0) is 13.0 Å². The highest BCUT2D eigenvalue weighted by Crippen LogP contribution is 2.28. The first-order valence-corrected chi connectivity index (χ1v) is 9.71. The Balaban J connectivity index is 1.79. The number of hydrogen-bond acceptors (Lipinski definition) is 3. The number of carbonyl (C=O) groups excluding carboxylic acids is 1. The molecule has 0 fully saturated rings. The molecule has 0 bridgehead atoms. The Morgan fingerprint density at radius 1 is 0.828 bits per heavy atom. The van der Waals surface area contributed by atoms with Crippen LogP contribution >= 0.6 is 0 Å². The van der Waals surface area contributed by atoms with Gasteiger partial charge in [-0.15, -0.1) is 0 Å². The molecule has 0 atom stereocenters. The topological polar surface area (TPSA) is 38.8 Å². The lowest BCUT2D eigenvalue weighted by Crippen LogP contribution is -2.32. The Morgan fingerprint density at radius 2 is 1.52 bits per heavy atom. The number of amides is 1. The lowest BCUT2D eigenvalue weighted by atomic mass is 10.1. The van der Waals surface area contributed by atoms with Gasteiger partial charge >= 0.3 is 0 Å². The summed E-state index contributed by atoms with van der Waals surface area (Å²) < 4.78 is 10.7. The van der Waals surface area contributed by atoms with Crippen LogP contribution in [0.3, 0.4) is 0 Å². The summed E-state index contributed by atoms with van der Waals surface area (Å²) in [5, 5.41) is 0. The van der Waals surface area contributed by atoms with Gasteiger partial charge in [-0.05, 0) is 48.7 Å². The minimum absolute atomic E-state index is 0.0364. The average Bonchev–Trinajstić information content (AvgIpc) is 2.77. The standard InChI is InChI=1S/C25H27NO3/c1-19-9-12-22(13-10-19)25(27)26(18-21-7-5-4-6-8-21)16-15-20-11-14-23(28-2)24(17-20)29-3/h4-14,17H,15-16,18H2,1-3H3. The van der Waals surface area contributed by atoms with E-state index in [0.717, 1.165) is 23.1 Å². The van der Waals surface area contributed by atoms with Crippen molar-refractivity contribution >= 4 is 5.91 Å². The second-order valence-corrected chi connectivity index (χ2v) is 7.02. The molecule has 3 aromatic carbocycles. The van der Waals surface area contributed by atoms with Crippen molar-refractivity contribution in [3.05, 3.63) is 95.1 Å². The van der Waals surface area contributed by atoms with Crippen molar-refractivity contribution in [2.75, 3.05) is 20.8 Å². The predicted molar refractivity (Wildman–Crippen MR) is 116 cm³/mol. The predicted octanol–water partition coefficient (Wildman–Crippen LogP) is 4.90. The van der Waals surface area contributed by atoms with E-state index in [0.29, 0.717) is 30.2 Å². The van der Waals surface area contributed by atoms with Gasteiger partial charge in [0, 0.05) is 18.7 Å². The molecule has 0 saturated carbocycles. The monoisotopic (exact) mass is 389 g/mol. The fourth-order valence-corrected chi connectivity index (χ4v) is 3.24. The third-order valence-corrected chi connectivity index (χ3v) is 4.92. The minimum atomic E-state index is 0.0364. The van der Waals surface area contributed by atoms with Crippen LogP contribution in [0.5, 0.6) is 11.5 Å². The van der Waals surface area contributed by atoms with Crippen molar-refractivity contribution in [1.29, 1.82) is 0 Å². The normalized spacial score (nSPS) is 10.4. The van der Waals surface area contributed by atoms with Crippen LogP contribution in [0.25, 0.3) is 0 Å². The number of benzene rings is 3. The number of methoxy groups -OCH3 is 2. The van der Waals surface area contributed by atoms with Gasteiger partial charge in [0.25, 0.3) is 5.91 Å². The van der Waals surface area contributed by atoms with E-state index >= 15 is 0 Å². The molecule has 3 aromatic rings. The van der Waals surface area contributed by atoms with E-state index in [-0.39, 0.29) is 5.91 Å². The Bertz CT molecular complexity index is 936. The molecule has 4 heteroatoms. The molecule has 0 aromatic heterocycles. The van der Waals surface area contributed by atoms with Crippen LogP contribution in [0.1, 0.15) is 27.0 Å². The van der Waals surface area contributed by atoms with E-state index in [1.54, 1.807) is 14.2 Å². The van der Waals surface area contributed by atoms with E-state index in [2.05, 4.69) is 0 Å². The van der Waals surface area contributed by atoms with E-state index in [9.17, 15) is 4.79 Å². The highest BCUT2D eigenvalue weighted by Gasteiger charge is 2.16. The maximum atomic E-state index is 13.2. The smallest absolute Gasteiger partial charge is 0.254 e. The second kappa shape index (κ2) is 9.78. The van der Waals surface area contributed by atoms with Crippen molar-refractivity contribution in [3.8, 4) is 11.5 Å². The largest absolute Gasteiger partial charge is 0.493 e. The molecule has 3 rings (SSSR count). The molecule has 150 valence electrons. The van der Waals surface area contributed by atoms with Gasteiger partial charge in [0.15, 0.2) is 11.5 Å². The van der Waals surface area contributed by atoms with Gasteiger partial charge in [0.2, 0.25) is 0 Å². The van der Waals surface area contributed by atoms with Crippen LogP contribution in [0, 0.1) is 6.92 Å². The van der Waals surface area contributed by atoms with Gasteiger partial charge in [0.05, 0.1) is 14.2 Å². The summed E-state index contributed by atoms with van der Waals surface area (Å²) in [5.41, 5.74) is 4.05.